The zero-order chi connectivity index (χ0) is 8.01. The fraction of sp³-hybridized carbons (Fsp3) is 0.222. The lowest BCUT2D eigenvalue weighted by Gasteiger charge is -1.82. The lowest BCUT2D eigenvalue weighted by atomic mass is 10.2. The van der Waals surface area contributed by atoms with Gasteiger partial charge >= 0.3 is 0 Å². The standard InChI is InChI=1S/C9H7ClO/c1-5-2-3-6-7(4-5)8(6)9(10)11/h2-4,8H,1H3. The molecule has 0 aliphatic heterocycles. The molecule has 1 aromatic carbocycles. The molecular formula is C9H7ClO. The third-order valence-electron chi connectivity index (χ3n) is 2.01. The van der Waals surface area contributed by atoms with Crippen LogP contribution < -0.4 is 0 Å². The molecule has 0 spiro atoms. The first kappa shape index (κ1) is 6.86. The minimum atomic E-state index is -0.259. The highest BCUT2D eigenvalue weighted by atomic mass is 35.5. The number of hydrogen-bond acceptors (Lipinski definition) is 1. The number of benzene rings is 1. The third-order valence-corrected chi connectivity index (χ3v) is 2.23. The van der Waals surface area contributed by atoms with E-state index in [1.165, 1.54) is 5.56 Å². The Kier molecular flexibility index (Phi) is 1.30. The van der Waals surface area contributed by atoms with Gasteiger partial charge in [-0.25, -0.2) is 0 Å². The molecule has 0 bridgehead atoms. The molecule has 2 rings (SSSR count). The predicted octanol–water partition coefficient (Wildman–Crippen LogP) is 2.21. The Labute approximate surface area is 70.0 Å². The minimum absolute atomic E-state index is 0.0923. The first-order valence-electron chi connectivity index (χ1n) is 3.50. The smallest absolute Gasteiger partial charge is 0.233 e. The highest BCUT2D eigenvalue weighted by molar-refractivity contribution is 6.65. The monoisotopic (exact) mass is 166 g/mol. The van der Waals surface area contributed by atoms with E-state index in [1.807, 2.05) is 25.1 Å². The van der Waals surface area contributed by atoms with Crippen molar-refractivity contribution in [3.8, 4) is 0 Å². The average Bonchev–Trinajstić information content (AvgIpc) is 2.60. The van der Waals surface area contributed by atoms with E-state index in [1.54, 1.807) is 0 Å². The molecule has 0 heterocycles. The highest BCUT2D eigenvalue weighted by Crippen LogP contribution is 2.44. The molecule has 0 N–H and O–H groups in total. The van der Waals surface area contributed by atoms with Crippen molar-refractivity contribution in [2.75, 3.05) is 0 Å². The molecule has 1 aliphatic carbocycles. The number of carbonyl (C=O) groups excluding carboxylic acids is 1. The van der Waals surface area contributed by atoms with Gasteiger partial charge in [-0.15, -0.1) is 0 Å². The summed E-state index contributed by atoms with van der Waals surface area (Å²) < 4.78 is 0. The van der Waals surface area contributed by atoms with Crippen molar-refractivity contribution in [1.29, 1.82) is 0 Å². The van der Waals surface area contributed by atoms with Crippen molar-refractivity contribution in [3.63, 3.8) is 0 Å². The maximum absolute atomic E-state index is 10.7. The van der Waals surface area contributed by atoms with Crippen LogP contribution in [0.1, 0.15) is 22.6 Å². The zero-order valence-corrected chi connectivity index (χ0v) is 6.85. The maximum Gasteiger partial charge on any atom is 0.233 e. The Hall–Kier alpha value is -0.820. The molecule has 11 heavy (non-hydrogen) atoms. The van der Waals surface area contributed by atoms with E-state index in [9.17, 15) is 4.79 Å². The van der Waals surface area contributed by atoms with Crippen molar-refractivity contribution < 1.29 is 4.79 Å². The normalized spacial score (nSPS) is 19.3. The van der Waals surface area contributed by atoms with Crippen LogP contribution in [-0.2, 0) is 4.79 Å². The van der Waals surface area contributed by atoms with Gasteiger partial charge in [0.2, 0.25) is 5.24 Å². The molecule has 0 saturated heterocycles. The van der Waals surface area contributed by atoms with Crippen molar-refractivity contribution in [2.45, 2.75) is 12.8 Å². The van der Waals surface area contributed by atoms with Crippen LogP contribution in [0.3, 0.4) is 0 Å². The molecule has 0 radical (unpaired) electrons. The Balaban J connectivity index is 2.38. The molecule has 56 valence electrons. The van der Waals surface area contributed by atoms with Gasteiger partial charge in [0.1, 0.15) is 0 Å². The van der Waals surface area contributed by atoms with Crippen LogP contribution in [0.15, 0.2) is 18.2 Å². The van der Waals surface area contributed by atoms with Crippen molar-refractivity contribution in [2.24, 2.45) is 0 Å². The van der Waals surface area contributed by atoms with Crippen LogP contribution in [-0.4, -0.2) is 5.24 Å². The van der Waals surface area contributed by atoms with Crippen LogP contribution in [0, 0.1) is 6.92 Å². The molecule has 1 nitrogen and oxygen atoms in total. The highest BCUT2D eigenvalue weighted by Gasteiger charge is 2.37. The number of rotatable bonds is 1. The number of fused-ring (bicyclic) bond motifs is 1. The van der Waals surface area contributed by atoms with Crippen LogP contribution >= 0.6 is 11.6 Å². The summed E-state index contributed by atoms with van der Waals surface area (Å²) in [5, 5.41) is -0.259. The van der Waals surface area contributed by atoms with Crippen LogP contribution in [0.25, 0.3) is 0 Å². The van der Waals surface area contributed by atoms with Gasteiger partial charge in [-0.05, 0) is 29.7 Å². The summed E-state index contributed by atoms with van der Waals surface area (Å²) in [5.41, 5.74) is 3.38. The van der Waals surface area contributed by atoms with Crippen LogP contribution in [0.4, 0.5) is 0 Å². The molecule has 1 atom stereocenters. The van der Waals surface area contributed by atoms with Crippen LogP contribution in [0.2, 0.25) is 0 Å². The molecule has 2 heteroatoms. The Morgan fingerprint density at radius 1 is 1.45 bits per heavy atom. The van der Waals surface area contributed by atoms with E-state index in [0.29, 0.717) is 0 Å². The van der Waals surface area contributed by atoms with Crippen molar-refractivity contribution >= 4 is 16.8 Å². The molecular weight excluding hydrogens is 160 g/mol. The average molecular weight is 167 g/mol. The third kappa shape index (κ3) is 0.962. The first-order valence-corrected chi connectivity index (χ1v) is 3.88. The summed E-state index contributed by atoms with van der Waals surface area (Å²) in [6, 6.07) is 5.98. The first-order chi connectivity index (χ1) is 5.20. The molecule has 0 aromatic heterocycles. The summed E-state index contributed by atoms with van der Waals surface area (Å²) in [7, 11) is 0. The van der Waals surface area contributed by atoms with Gasteiger partial charge in [-0.1, -0.05) is 23.8 Å². The number of hydrogen-bond donors (Lipinski definition) is 0. The zero-order valence-electron chi connectivity index (χ0n) is 6.10. The van der Waals surface area contributed by atoms with Gasteiger partial charge in [0.25, 0.3) is 0 Å². The van der Waals surface area contributed by atoms with Gasteiger partial charge < -0.3 is 0 Å². The van der Waals surface area contributed by atoms with Crippen LogP contribution in [0.5, 0.6) is 0 Å². The van der Waals surface area contributed by atoms with E-state index >= 15 is 0 Å². The summed E-state index contributed by atoms with van der Waals surface area (Å²) in [4.78, 5) is 10.7. The predicted molar refractivity (Wildman–Crippen MR) is 43.9 cm³/mol. The van der Waals surface area contributed by atoms with Gasteiger partial charge in [0.15, 0.2) is 0 Å². The lowest BCUT2D eigenvalue weighted by Crippen LogP contribution is -1.85. The molecule has 1 aromatic rings. The molecule has 1 aliphatic rings. The fourth-order valence-electron chi connectivity index (χ4n) is 1.37. The molecule has 0 fully saturated rings. The molecule has 1 unspecified atom stereocenters. The summed E-state index contributed by atoms with van der Waals surface area (Å²) >= 11 is 5.35. The van der Waals surface area contributed by atoms with Gasteiger partial charge in [0.05, 0.1) is 5.92 Å². The second-order valence-electron chi connectivity index (χ2n) is 2.87. The number of aryl methyl sites for hydroxylation is 1. The number of halogens is 1. The Morgan fingerprint density at radius 3 is 2.73 bits per heavy atom. The summed E-state index contributed by atoms with van der Waals surface area (Å²) in [6.45, 7) is 2.01. The SMILES string of the molecule is Cc1ccc2c(c1)C2C(=O)Cl. The lowest BCUT2D eigenvalue weighted by molar-refractivity contribution is -0.111. The van der Waals surface area contributed by atoms with Crippen molar-refractivity contribution in [3.05, 3.63) is 34.9 Å². The molecule has 0 saturated carbocycles. The topological polar surface area (TPSA) is 17.1 Å². The summed E-state index contributed by atoms with van der Waals surface area (Å²) in [5.74, 6) is -0.0923. The van der Waals surface area contributed by atoms with E-state index in [-0.39, 0.29) is 11.2 Å². The van der Waals surface area contributed by atoms with E-state index in [4.69, 9.17) is 11.6 Å². The maximum atomic E-state index is 10.7. The Morgan fingerprint density at radius 2 is 2.18 bits per heavy atom. The van der Waals surface area contributed by atoms with E-state index < -0.39 is 0 Å². The summed E-state index contributed by atoms with van der Waals surface area (Å²) in [6.07, 6.45) is 0. The largest absolute Gasteiger partial charge is 0.280 e. The quantitative estimate of drug-likeness (QED) is 0.585. The van der Waals surface area contributed by atoms with Gasteiger partial charge in [-0.3, -0.25) is 4.79 Å². The minimum Gasteiger partial charge on any atom is -0.280 e. The fourth-order valence-corrected chi connectivity index (χ4v) is 1.61. The van der Waals surface area contributed by atoms with Crippen molar-refractivity contribution in [1.82, 2.24) is 0 Å². The number of carbonyl (C=O) groups is 1. The Bertz CT molecular complexity index is 330. The van der Waals surface area contributed by atoms with E-state index in [2.05, 4.69) is 0 Å². The van der Waals surface area contributed by atoms with E-state index in [0.717, 1.165) is 11.1 Å². The van der Waals surface area contributed by atoms with Gasteiger partial charge in [0, 0.05) is 0 Å². The second-order valence-corrected chi connectivity index (χ2v) is 3.24. The van der Waals surface area contributed by atoms with Gasteiger partial charge in [-0.2, -0.15) is 0 Å². The second kappa shape index (κ2) is 2.08. The molecule has 0 amide bonds.